The highest BCUT2D eigenvalue weighted by molar-refractivity contribution is 6.06. The average molecular weight is 381 g/mol. The van der Waals surface area contributed by atoms with Crippen LogP contribution in [0.3, 0.4) is 0 Å². The van der Waals surface area contributed by atoms with E-state index >= 15 is 0 Å². The first-order valence-corrected chi connectivity index (χ1v) is 10.1. The number of fused-ring (bicyclic) bond motifs is 3. The van der Waals surface area contributed by atoms with Crippen LogP contribution in [0.5, 0.6) is 0 Å². The SMILES string of the molecule is CN1c2ccccc2Nc2cccc(/C=C/C3=[N+](C)c4ccccc4C3(C)C)c21. The van der Waals surface area contributed by atoms with Gasteiger partial charge in [0.05, 0.1) is 28.2 Å². The maximum atomic E-state index is 3.59. The van der Waals surface area contributed by atoms with E-state index in [4.69, 9.17) is 0 Å². The number of nitrogens with zero attached hydrogens (tertiary/aromatic N) is 2. The Labute approximate surface area is 172 Å². The van der Waals surface area contributed by atoms with Gasteiger partial charge >= 0.3 is 0 Å². The summed E-state index contributed by atoms with van der Waals surface area (Å²) in [5, 5.41) is 3.59. The van der Waals surface area contributed by atoms with Crippen LogP contribution in [0.25, 0.3) is 6.08 Å². The fourth-order valence-electron chi connectivity index (χ4n) is 4.78. The molecular formula is C26H26N3+. The smallest absolute Gasteiger partial charge is 0.209 e. The Morgan fingerprint density at radius 3 is 2.41 bits per heavy atom. The van der Waals surface area contributed by atoms with Crippen molar-refractivity contribution in [3.05, 3.63) is 83.9 Å². The van der Waals surface area contributed by atoms with Gasteiger partial charge in [-0.2, -0.15) is 4.58 Å². The number of nitrogens with one attached hydrogen (secondary N) is 1. The molecule has 0 unspecified atom stereocenters. The third-order valence-corrected chi connectivity index (χ3v) is 6.30. The topological polar surface area (TPSA) is 18.3 Å². The van der Waals surface area contributed by atoms with Gasteiger partial charge in [-0.3, -0.25) is 0 Å². The number of hydrogen-bond acceptors (Lipinski definition) is 2. The predicted octanol–water partition coefficient (Wildman–Crippen LogP) is 6.23. The molecule has 0 aromatic heterocycles. The van der Waals surface area contributed by atoms with Crippen molar-refractivity contribution in [1.29, 1.82) is 0 Å². The molecule has 144 valence electrons. The number of hydrogen-bond donors (Lipinski definition) is 1. The molecule has 0 bridgehead atoms. The second kappa shape index (κ2) is 6.35. The zero-order valence-electron chi connectivity index (χ0n) is 17.4. The van der Waals surface area contributed by atoms with Gasteiger partial charge in [0.25, 0.3) is 0 Å². The Balaban J connectivity index is 1.57. The van der Waals surface area contributed by atoms with Crippen LogP contribution in [-0.2, 0) is 5.41 Å². The lowest BCUT2D eigenvalue weighted by Gasteiger charge is -2.32. The Kier molecular flexibility index (Phi) is 3.88. The molecule has 0 spiro atoms. The standard InChI is InChI=1S/C26H26N3/c1-26(2)19-11-5-7-14-22(19)28(3)24(26)17-16-18-10-9-13-21-25(18)29(4)23-15-8-6-12-20(23)27-21/h5-17,27H,1-4H3/q+1. The first-order valence-electron chi connectivity index (χ1n) is 10.1. The van der Waals surface area contributed by atoms with E-state index in [9.17, 15) is 0 Å². The highest BCUT2D eigenvalue weighted by atomic mass is 15.2. The lowest BCUT2D eigenvalue weighted by molar-refractivity contribution is -0.401. The second-order valence-electron chi connectivity index (χ2n) is 8.36. The van der Waals surface area contributed by atoms with E-state index in [0.717, 1.165) is 11.4 Å². The largest absolute Gasteiger partial charge is 0.352 e. The minimum atomic E-state index is -0.0204. The first kappa shape index (κ1) is 17.7. The lowest BCUT2D eigenvalue weighted by atomic mass is 9.81. The molecule has 3 aromatic carbocycles. The third kappa shape index (κ3) is 2.61. The van der Waals surface area contributed by atoms with Crippen molar-refractivity contribution in [3.8, 4) is 0 Å². The van der Waals surface area contributed by atoms with Crippen LogP contribution in [-0.4, -0.2) is 24.4 Å². The monoisotopic (exact) mass is 380 g/mol. The summed E-state index contributed by atoms with van der Waals surface area (Å²) in [5.41, 5.74) is 9.85. The van der Waals surface area contributed by atoms with Crippen LogP contribution in [0.1, 0.15) is 25.0 Å². The number of anilines is 4. The molecule has 1 N–H and O–H groups in total. The van der Waals surface area contributed by atoms with Crippen molar-refractivity contribution in [2.75, 3.05) is 24.3 Å². The highest BCUT2D eigenvalue weighted by Crippen LogP contribution is 2.45. The lowest BCUT2D eigenvalue weighted by Crippen LogP contribution is -2.26. The van der Waals surface area contributed by atoms with Gasteiger partial charge in [0.15, 0.2) is 5.71 Å². The van der Waals surface area contributed by atoms with Crippen LogP contribution in [0.4, 0.5) is 28.4 Å². The molecule has 0 saturated carbocycles. The molecule has 3 aromatic rings. The Hall–Kier alpha value is -3.33. The van der Waals surface area contributed by atoms with Crippen LogP contribution >= 0.6 is 0 Å². The van der Waals surface area contributed by atoms with Gasteiger partial charge in [0, 0.05) is 30.3 Å². The van der Waals surface area contributed by atoms with Crippen LogP contribution in [0.2, 0.25) is 0 Å². The van der Waals surface area contributed by atoms with E-state index in [0.29, 0.717) is 0 Å². The van der Waals surface area contributed by atoms with E-state index in [-0.39, 0.29) is 5.41 Å². The summed E-state index contributed by atoms with van der Waals surface area (Å²) in [6, 6.07) is 23.6. The van der Waals surface area contributed by atoms with Gasteiger partial charge in [-0.25, -0.2) is 0 Å². The maximum Gasteiger partial charge on any atom is 0.209 e. The van der Waals surface area contributed by atoms with Gasteiger partial charge in [-0.15, -0.1) is 0 Å². The van der Waals surface area contributed by atoms with Gasteiger partial charge < -0.3 is 10.2 Å². The average Bonchev–Trinajstić information content (AvgIpc) is 2.92. The van der Waals surface area contributed by atoms with E-state index in [1.165, 1.54) is 33.9 Å². The molecule has 3 heteroatoms. The second-order valence-corrected chi connectivity index (χ2v) is 8.36. The number of rotatable bonds is 2. The maximum absolute atomic E-state index is 3.59. The molecule has 0 atom stereocenters. The summed E-state index contributed by atoms with van der Waals surface area (Å²) in [5.74, 6) is 0. The van der Waals surface area contributed by atoms with Crippen molar-refractivity contribution in [1.82, 2.24) is 0 Å². The molecule has 2 aliphatic rings. The Morgan fingerprint density at radius 1 is 0.862 bits per heavy atom. The van der Waals surface area contributed by atoms with Crippen LogP contribution in [0, 0.1) is 0 Å². The molecule has 0 saturated heterocycles. The van der Waals surface area contributed by atoms with E-state index < -0.39 is 0 Å². The summed E-state index contributed by atoms with van der Waals surface area (Å²) < 4.78 is 2.32. The molecule has 5 rings (SSSR count). The predicted molar refractivity (Wildman–Crippen MR) is 124 cm³/mol. The minimum Gasteiger partial charge on any atom is -0.352 e. The van der Waals surface area contributed by atoms with Gasteiger partial charge in [0.1, 0.15) is 7.05 Å². The fraction of sp³-hybridized carbons (Fsp3) is 0.192. The summed E-state index contributed by atoms with van der Waals surface area (Å²) in [7, 11) is 4.31. The summed E-state index contributed by atoms with van der Waals surface area (Å²) >= 11 is 0. The normalized spacial score (nSPS) is 16.5. The number of para-hydroxylation sites is 4. The van der Waals surface area contributed by atoms with Gasteiger partial charge in [-0.05, 0) is 38.1 Å². The van der Waals surface area contributed by atoms with Crippen LogP contribution < -0.4 is 10.2 Å². The molecule has 0 radical (unpaired) electrons. The molecule has 0 amide bonds. The summed E-state index contributed by atoms with van der Waals surface area (Å²) in [4.78, 5) is 2.28. The first-order chi connectivity index (χ1) is 14.0. The van der Waals surface area contributed by atoms with Crippen molar-refractivity contribution in [3.63, 3.8) is 0 Å². The minimum absolute atomic E-state index is 0.0204. The summed E-state index contributed by atoms with van der Waals surface area (Å²) in [6.45, 7) is 4.61. The number of benzene rings is 3. The van der Waals surface area contributed by atoms with Crippen molar-refractivity contribution < 1.29 is 4.58 Å². The summed E-state index contributed by atoms with van der Waals surface area (Å²) in [6.07, 6.45) is 4.54. The molecule has 0 fully saturated rings. The van der Waals surface area contributed by atoms with E-state index in [2.05, 4.69) is 122 Å². The van der Waals surface area contributed by atoms with E-state index in [1.54, 1.807) is 0 Å². The molecule has 2 heterocycles. The quantitative estimate of drug-likeness (QED) is 0.531. The molecule has 0 aliphatic carbocycles. The zero-order chi connectivity index (χ0) is 20.2. The highest BCUT2D eigenvalue weighted by Gasteiger charge is 2.42. The van der Waals surface area contributed by atoms with Crippen LogP contribution in [0.15, 0.2) is 72.8 Å². The molecule has 2 aliphatic heterocycles. The Bertz CT molecular complexity index is 1180. The van der Waals surface area contributed by atoms with Crippen molar-refractivity contribution >= 4 is 40.2 Å². The third-order valence-electron chi connectivity index (χ3n) is 6.30. The van der Waals surface area contributed by atoms with Crippen molar-refractivity contribution in [2.24, 2.45) is 0 Å². The van der Waals surface area contributed by atoms with Gasteiger partial charge in [0.2, 0.25) is 5.69 Å². The number of allylic oxidation sites excluding steroid dienone is 1. The molecule has 29 heavy (non-hydrogen) atoms. The van der Waals surface area contributed by atoms with E-state index in [1.807, 2.05) is 0 Å². The van der Waals surface area contributed by atoms with Gasteiger partial charge in [-0.1, -0.05) is 42.5 Å². The molecule has 3 nitrogen and oxygen atoms in total. The zero-order valence-corrected chi connectivity index (χ0v) is 17.4. The fourth-order valence-corrected chi connectivity index (χ4v) is 4.78. The van der Waals surface area contributed by atoms with Crippen molar-refractivity contribution in [2.45, 2.75) is 19.3 Å². The Morgan fingerprint density at radius 2 is 1.59 bits per heavy atom. The molecular weight excluding hydrogens is 354 g/mol.